The summed E-state index contributed by atoms with van der Waals surface area (Å²) < 4.78 is 0. The third-order valence-electron chi connectivity index (χ3n) is 4.62. The highest BCUT2D eigenvalue weighted by atomic mass is 16.4. The minimum Gasteiger partial charge on any atom is -0.481 e. The Balaban J connectivity index is 1.74. The molecule has 1 aliphatic heterocycles. The Kier molecular flexibility index (Phi) is 2.86. The summed E-state index contributed by atoms with van der Waals surface area (Å²) in [6.07, 6.45) is 2.95. The zero-order valence-electron chi connectivity index (χ0n) is 10.7. The minimum absolute atomic E-state index is 0.168. The zero-order valence-corrected chi connectivity index (χ0v) is 10.7. The smallest absolute Gasteiger partial charge is 0.308 e. The fraction of sp³-hybridized carbons (Fsp3) is 0.533. The fourth-order valence-electron chi connectivity index (χ4n) is 3.58. The Morgan fingerprint density at radius 1 is 1.28 bits per heavy atom. The van der Waals surface area contributed by atoms with Crippen LogP contribution in [0.15, 0.2) is 24.3 Å². The second-order valence-corrected chi connectivity index (χ2v) is 5.54. The van der Waals surface area contributed by atoms with Crippen LogP contribution >= 0.6 is 0 Å². The number of carboxylic acids is 1. The molecule has 1 N–H and O–H groups in total. The van der Waals surface area contributed by atoms with Gasteiger partial charge in [-0.05, 0) is 43.9 Å². The molecule has 0 bridgehead atoms. The highest BCUT2D eigenvalue weighted by Gasteiger charge is 2.40. The predicted octanol–water partition coefficient (Wildman–Crippen LogP) is 1.95. The van der Waals surface area contributed by atoms with Gasteiger partial charge in [-0.2, -0.15) is 0 Å². The number of likely N-dealkylation sites (tertiary alicyclic amines) is 1. The number of hydrogen-bond donors (Lipinski definition) is 1. The summed E-state index contributed by atoms with van der Waals surface area (Å²) in [6, 6.07) is 9.25. The molecule has 0 amide bonds. The van der Waals surface area contributed by atoms with E-state index in [1.165, 1.54) is 11.1 Å². The van der Waals surface area contributed by atoms with Crippen LogP contribution in [0.5, 0.6) is 0 Å². The van der Waals surface area contributed by atoms with Gasteiger partial charge in [-0.3, -0.25) is 9.69 Å². The van der Waals surface area contributed by atoms with Gasteiger partial charge in [-0.25, -0.2) is 0 Å². The van der Waals surface area contributed by atoms with Crippen LogP contribution in [0.1, 0.15) is 24.5 Å². The third kappa shape index (κ3) is 1.83. The maximum absolute atomic E-state index is 11.2. The van der Waals surface area contributed by atoms with Crippen LogP contribution in [0.4, 0.5) is 0 Å². The summed E-state index contributed by atoms with van der Waals surface area (Å²) in [4.78, 5) is 13.6. The van der Waals surface area contributed by atoms with Crippen molar-refractivity contribution >= 4 is 5.97 Å². The molecular formula is C15H19NO2. The van der Waals surface area contributed by atoms with Crippen LogP contribution < -0.4 is 0 Å². The van der Waals surface area contributed by atoms with Crippen molar-refractivity contribution in [3.8, 4) is 0 Å². The maximum atomic E-state index is 11.2. The Bertz CT molecular complexity index is 446. The second kappa shape index (κ2) is 4.39. The molecule has 3 rings (SSSR count). The zero-order chi connectivity index (χ0) is 12.7. The summed E-state index contributed by atoms with van der Waals surface area (Å²) in [7, 11) is 0. The van der Waals surface area contributed by atoms with E-state index in [9.17, 15) is 9.90 Å². The Morgan fingerprint density at radius 2 is 1.89 bits per heavy atom. The van der Waals surface area contributed by atoms with Gasteiger partial charge in [-0.1, -0.05) is 24.3 Å². The van der Waals surface area contributed by atoms with Crippen molar-refractivity contribution < 1.29 is 9.90 Å². The number of rotatable bonds is 2. The van der Waals surface area contributed by atoms with Gasteiger partial charge >= 0.3 is 5.97 Å². The normalized spacial score (nSPS) is 28.5. The van der Waals surface area contributed by atoms with Crippen molar-refractivity contribution in [1.82, 2.24) is 4.90 Å². The second-order valence-electron chi connectivity index (χ2n) is 5.54. The summed E-state index contributed by atoms with van der Waals surface area (Å²) in [6.45, 7) is 2.99. The standard InChI is InChI=1S/C15H19NO2/c1-10-14(15(17)18)6-7-16(10)13-8-11-4-2-3-5-12(11)9-13/h2-5,10,13-14H,6-9H2,1H3,(H,17,18). The molecule has 96 valence electrons. The molecule has 18 heavy (non-hydrogen) atoms. The molecule has 0 saturated carbocycles. The number of fused-ring (bicyclic) bond motifs is 1. The molecule has 2 atom stereocenters. The molecular weight excluding hydrogens is 226 g/mol. The van der Waals surface area contributed by atoms with Crippen molar-refractivity contribution in [3.63, 3.8) is 0 Å². The lowest BCUT2D eigenvalue weighted by Crippen LogP contribution is -2.41. The van der Waals surface area contributed by atoms with E-state index in [0.29, 0.717) is 6.04 Å². The van der Waals surface area contributed by atoms with Crippen LogP contribution in [0.3, 0.4) is 0 Å². The van der Waals surface area contributed by atoms with E-state index in [4.69, 9.17) is 0 Å². The van der Waals surface area contributed by atoms with Gasteiger partial charge in [0, 0.05) is 12.1 Å². The lowest BCUT2D eigenvalue weighted by molar-refractivity contribution is -0.142. The molecule has 2 unspecified atom stereocenters. The molecule has 3 heteroatoms. The van der Waals surface area contributed by atoms with Crippen LogP contribution in [0.2, 0.25) is 0 Å². The molecule has 1 fully saturated rings. The van der Waals surface area contributed by atoms with E-state index in [1.54, 1.807) is 0 Å². The van der Waals surface area contributed by atoms with Crippen molar-refractivity contribution in [1.29, 1.82) is 0 Å². The predicted molar refractivity (Wildman–Crippen MR) is 69.5 cm³/mol. The van der Waals surface area contributed by atoms with Gasteiger partial charge in [0.05, 0.1) is 5.92 Å². The minimum atomic E-state index is -0.638. The molecule has 3 nitrogen and oxygen atoms in total. The van der Waals surface area contributed by atoms with Crippen molar-refractivity contribution in [3.05, 3.63) is 35.4 Å². The topological polar surface area (TPSA) is 40.5 Å². The lowest BCUT2D eigenvalue weighted by Gasteiger charge is -2.29. The monoisotopic (exact) mass is 245 g/mol. The first kappa shape index (κ1) is 11.7. The highest BCUT2D eigenvalue weighted by molar-refractivity contribution is 5.71. The van der Waals surface area contributed by atoms with Gasteiger partial charge in [0.15, 0.2) is 0 Å². The number of hydrogen-bond acceptors (Lipinski definition) is 2. The molecule has 2 aliphatic rings. The summed E-state index contributed by atoms with van der Waals surface area (Å²) in [5, 5.41) is 9.19. The molecule has 1 aromatic rings. The molecule has 1 aliphatic carbocycles. The van der Waals surface area contributed by atoms with E-state index >= 15 is 0 Å². The van der Waals surface area contributed by atoms with Crippen molar-refractivity contribution in [2.75, 3.05) is 6.54 Å². The first-order chi connectivity index (χ1) is 8.66. The van der Waals surface area contributed by atoms with E-state index < -0.39 is 5.97 Å². The quantitative estimate of drug-likeness (QED) is 0.865. The van der Waals surface area contributed by atoms with E-state index in [2.05, 4.69) is 36.1 Å². The van der Waals surface area contributed by atoms with E-state index in [-0.39, 0.29) is 12.0 Å². The van der Waals surface area contributed by atoms with Crippen LogP contribution in [0, 0.1) is 5.92 Å². The average Bonchev–Trinajstić information content (AvgIpc) is 2.91. The Labute approximate surface area is 107 Å². The van der Waals surface area contributed by atoms with Gasteiger partial charge in [0.25, 0.3) is 0 Å². The molecule has 1 heterocycles. The van der Waals surface area contributed by atoms with Gasteiger partial charge < -0.3 is 5.11 Å². The van der Waals surface area contributed by atoms with Crippen LogP contribution in [-0.2, 0) is 17.6 Å². The molecule has 1 saturated heterocycles. The number of benzene rings is 1. The highest BCUT2D eigenvalue weighted by Crippen LogP contribution is 2.32. The van der Waals surface area contributed by atoms with Crippen molar-refractivity contribution in [2.45, 2.75) is 38.3 Å². The summed E-state index contributed by atoms with van der Waals surface area (Å²) >= 11 is 0. The average molecular weight is 245 g/mol. The fourth-order valence-corrected chi connectivity index (χ4v) is 3.58. The molecule has 0 aromatic heterocycles. The number of aliphatic carboxylic acids is 1. The van der Waals surface area contributed by atoms with E-state index in [1.807, 2.05) is 0 Å². The summed E-state index contributed by atoms with van der Waals surface area (Å²) in [5.41, 5.74) is 2.88. The largest absolute Gasteiger partial charge is 0.481 e. The van der Waals surface area contributed by atoms with Crippen molar-refractivity contribution in [2.24, 2.45) is 5.92 Å². The number of carboxylic acid groups (broad SMARTS) is 1. The number of carbonyl (C=O) groups is 1. The summed E-state index contributed by atoms with van der Waals surface area (Å²) in [5.74, 6) is -0.825. The Hall–Kier alpha value is -1.35. The lowest BCUT2D eigenvalue weighted by atomic mass is 10.0. The SMILES string of the molecule is CC1C(C(=O)O)CCN1C1Cc2ccccc2C1. The van der Waals surface area contributed by atoms with Crippen LogP contribution in [-0.4, -0.2) is 34.6 Å². The third-order valence-corrected chi connectivity index (χ3v) is 4.62. The first-order valence-electron chi connectivity index (χ1n) is 6.72. The molecule has 0 radical (unpaired) electrons. The maximum Gasteiger partial charge on any atom is 0.308 e. The number of nitrogens with zero attached hydrogens (tertiary/aromatic N) is 1. The first-order valence-corrected chi connectivity index (χ1v) is 6.72. The molecule has 0 spiro atoms. The molecule has 1 aromatic carbocycles. The van der Waals surface area contributed by atoms with Crippen LogP contribution in [0.25, 0.3) is 0 Å². The van der Waals surface area contributed by atoms with Gasteiger partial charge in [0.1, 0.15) is 0 Å². The van der Waals surface area contributed by atoms with Gasteiger partial charge in [0.2, 0.25) is 0 Å². The van der Waals surface area contributed by atoms with Gasteiger partial charge in [-0.15, -0.1) is 0 Å². The van der Waals surface area contributed by atoms with E-state index in [0.717, 1.165) is 25.8 Å². The Morgan fingerprint density at radius 3 is 2.39 bits per heavy atom.